The van der Waals surface area contributed by atoms with Crippen molar-refractivity contribution in [3.8, 4) is 22.8 Å². The number of pyridine rings is 1. The summed E-state index contributed by atoms with van der Waals surface area (Å²) in [6, 6.07) is 14.0. The number of hydrogen-bond acceptors (Lipinski definition) is 5. The predicted molar refractivity (Wildman–Crippen MR) is 158 cm³/mol. The Morgan fingerprint density at radius 2 is 1.93 bits per heavy atom. The number of aryl methyl sites for hydroxylation is 1. The monoisotopic (exact) mass is 560 g/mol. The first-order valence-electron chi connectivity index (χ1n) is 14.6. The van der Waals surface area contributed by atoms with Crippen molar-refractivity contribution in [3.05, 3.63) is 76.7 Å². The number of nitrogens with zero attached hydrogens (tertiary/aromatic N) is 1. The number of halogens is 1. The van der Waals surface area contributed by atoms with Crippen LogP contribution < -0.4 is 14.8 Å². The second-order valence-electron chi connectivity index (χ2n) is 12.8. The molecule has 2 aromatic carbocycles. The van der Waals surface area contributed by atoms with Gasteiger partial charge in [-0.15, -0.1) is 0 Å². The van der Waals surface area contributed by atoms with Crippen LogP contribution in [0.5, 0.6) is 11.6 Å². The Balaban J connectivity index is 1.45. The molecule has 0 radical (unpaired) electrons. The number of methoxy groups -OCH3 is 1. The molecule has 3 atom stereocenters. The molecular formula is C34H41FN2O4. The molecule has 2 aliphatic rings. The molecule has 218 valence electrons. The normalized spacial score (nSPS) is 18.2. The quantitative estimate of drug-likeness (QED) is 0.271. The van der Waals surface area contributed by atoms with Gasteiger partial charge in [0.05, 0.1) is 19.2 Å². The van der Waals surface area contributed by atoms with Gasteiger partial charge in [-0.1, -0.05) is 58.0 Å². The largest absolute Gasteiger partial charge is 0.485 e. The molecule has 0 spiro atoms. The van der Waals surface area contributed by atoms with Gasteiger partial charge in [-0.05, 0) is 76.8 Å². The van der Waals surface area contributed by atoms with E-state index in [0.29, 0.717) is 23.9 Å². The van der Waals surface area contributed by atoms with Crippen LogP contribution in [0.2, 0.25) is 0 Å². The average molecular weight is 561 g/mol. The summed E-state index contributed by atoms with van der Waals surface area (Å²) in [5.74, 6) is 0.0199. The summed E-state index contributed by atoms with van der Waals surface area (Å²) in [5.41, 5.74) is 5.56. The number of carboxylic acids is 1. The molecule has 1 aromatic heterocycles. The lowest BCUT2D eigenvalue weighted by atomic mass is 9.82. The van der Waals surface area contributed by atoms with Gasteiger partial charge in [0.25, 0.3) is 0 Å². The molecule has 1 aliphatic heterocycles. The van der Waals surface area contributed by atoms with Crippen LogP contribution in [0.4, 0.5) is 4.39 Å². The van der Waals surface area contributed by atoms with E-state index < -0.39 is 17.7 Å². The fraction of sp³-hybridized carbons (Fsp3) is 0.471. The van der Waals surface area contributed by atoms with Crippen molar-refractivity contribution in [2.45, 2.75) is 71.9 Å². The lowest BCUT2D eigenvalue weighted by Crippen LogP contribution is -2.26. The molecule has 3 aromatic rings. The van der Waals surface area contributed by atoms with Crippen molar-refractivity contribution in [2.75, 3.05) is 13.7 Å². The molecule has 6 nitrogen and oxygen atoms in total. The van der Waals surface area contributed by atoms with Gasteiger partial charge in [0.15, 0.2) is 0 Å². The van der Waals surface area contributed by atoms with Crippen molar-refractivity contribution < 1.29 is 23.8 Å². The minimum absolute atomic E-state index is 0.00574. The Kier molecular flexibility index (Phi) is 8.37. The van der Waals surface area contributed by atoms with E-state index in [2.05, 4.69) is 55.3 Å². The second kappa shape index (κ2) is 11.8. The van der Waals surface area contributed by atoms with E-state index in [1.54, 1.807) is 6.07 Å². The summed E-state index contributed by atoms with van der Waals surface area (Å²) in [4.78, 5) is 15.9. The van der Waals surface area contributed by atoms with Crippen LogP contribution >= 0.6 is 0 Å². The second-order valence-corrected chi connectivity index (χ2v) is 12.8. The Labute approximate surface area is 242 Å². The molecule has 41 heavy (non-hydrogen) atoms. The van der Waals surface area contributed by atoms with E-state index in [1.807, 2.05) is 19.1 Å². The topological polar surface area (TPSA) is 80.7 Å². The zero-order valence-electron chi connectivity index (χ0n) is 24.7. The van der Waals surface area contributed by atoms with E-state index >= 15 is 0 Å². The molecule has 0 unspecified atom stereocenters. The summed E-state index contributed by atoms with van der Waals surface area (Å²) < 4.78 is 26.8. The third kappa shape index (κ3) is 6.72. The Morgan fingerprint density at radius 3 is 2.61 bits per heavy atom. The van der Waals surface area contributed by atoms with E-state index in [-0.39, 0.29) is 17.4 Å². The summed E-state index contributed by atoms with van der Waals surface area (Å²) >= 11 is 0. The Hall–Kier alpha value is -3.45. The van der Waals surface area contributed by atoms with Crippen LogP contribution in [-0.4, -0.2) is 29.7 Å². The lowest BCUT2D eigenvalue weighted by molar-refractivity contribution is -0.142. The highest BCUT2D eigenvalue weighted by atomic mass is 19.1. The number of carbonyl (C=O) groups is 1. The maximum atomic E-state index is 15.0. The molecule has 2 N–H and O–H groups in total. The van der Waals surface area contributed by atoms with Crippen molar-refractivity contribution in [2.24, 2.45) is 17.3 Å². The molecule has 7 heteroatoms. The molecule has 1 fully saturated rings. The van der Waals surface area contributed by atoms with E-state index in [0.717, 1.165) is 65.8 Å². The summed E-state index contributed by atoms with van der Waals surface area (Å²) in [7, 11) is 1.53. The van der Waals surface area contributed by atoms with Crippen molar-refractivity contribution in [1.82, 2.24) is 10.3 Å². The van der Waals surface area contributed by atoms with Crippen LogP contribution in [0.3, 0.4) is 0 Å². The van der Waals surface area contributed by atoms with Gasteiger partial charge in [0.2, 0.25) is 5.88 Å². The highest BCUT2D eigenvalue weighted by Gasteiger charge is 2.39. The smallest absolute Gasteiger partial charge is 0.306 e. The first-order valence-corrected chi connectivity index (χ1v) is 14.6. The first-order chi connectivity index (χ1) is 19.5. The van der Waals surface area contributed by atoms with Gasteiger partial charge in [-0.25, -0.2) is 9.37 Å². The van der Waals surface area contributed by atoms with Crippen molar-refractivity contribution in [3.63, 3.8) is 0 Å². The fourth-order valence-electron chi connectivity index (χ4n) is 5.94. The van der Waals surface area contributed by atoms with E-state index in [9.17, 15) is 14.3 Å². The predicted octanol–water partition coefficient (Wildman–Crippen LogP) is 7.31. The molecule has 1 saturated carbocycles. The highest BCUT2D eigenvalue weighted by Crippen LogP contribution is 2.48. The van der Waals surface area contributed by atoms with Crippen LogP contribution in [0.15, 0.2) is 48.7 Å². The molecule has 0 amide bonds. The maximum absolute atomic E-state index is 15.0. The van der Waals surface area contributed by atoms with Crippen molar-refractivity contribution >= 4 is 5.97 Å². The van der Waals surface area contributed by atoms with Gasteiger partial charge in [0, 0.05) is 24.7 Å². The van der Waals surface area contributed by atoms with Gasteiger partial charge in [0.1, 0.15) is 17.7 Å². The van der Waals surface area contributed by atoms with Crippen LogP contribution in [-0.2, 0) is 17.8 Å². The maximum Gasteiger partial charge on any atom is 0.306 e. The number of nitrogens with one attached hydrogen (secondary N) is 1. The average Bonchev–Trinajstić information content (AvgIpc) is 3.77. The number of carboxylic acid groups (broad SMARTS) is 1. The van der Waals surface area contributed by atoms with Crippen LogP contribution in [0, 0.1) is 23.1 Å². The number of hydrogen-bond donors (Lipinski definition) is 2. The zero-order chi connectivity index (χ0) is 29.3. The fourth-order valence-corrected chi connectivity index (χ4v) is 5.94. The number of ether oxygens (including phenoxy) is 2. The van der Waals surface area contributed by atoms with Crippen molar-refractivity contribution in [1.29, 1.82) is 0 Å². The number of fused-ring (bicyclic) bond motifs is 1. The van der Waals surface area contributed by atoms with Gasteiger partial charge in [-0.3, -0.25) is 4.79 Å². The standard InChI is InChI=1S/C34H41FN2O4/c1-20(33(38)39)32(22-7-8-22)24-9-6-21-11-13-29(41-30(21)15-24)23-10-12-26(25(14-23)17-36-19-34(2,3)4)27-16-31(40-5)37-18-28(27)35/h6,9-10,12,14-16,18,20,22,29,32,36H,7-8,11,13,17,19H2,1-5H3,(H,38,39)/t20-,29-,32-/m0/s1. The number of aliphatic carboxylic acids is 1. The highest BCUT2D eigenvalue weighted by molar-refractivity contribution is 5.71. The number of benzene rings is 2. The SMILES string of the molecule is COc1cc(-c2ccc([C@@H]3CCc4ccc([C@H](C5CC5)[C@H](C)C(=O)O)cc4O3)cc2CNCC(C)(C)C)c(F)cn1. The van der Waals surface area contributed by atoms with Gasteiger partial charge < -0.3 is 19.9 Å². The molecule has 1 aliphatic carbocycles. The molecular weight excluding hydrogens is 519 g/mol. The molecule has 2 heterocycles. The number of aromatic nitrogens is 1. The molecule has 5 rings (SSSR count). The first kappa shape index (κ1) is 29.1. The molecule has 0 saturated heterocycles. The summed E-state index contributed by atoms with van der Waals surface area (Å²) in [6.45, 7) is 9.73. The van der Waals surface area contributed by atoms with E-state index in [4.69, 9.17) is 9.47 Å². The third-order valence-corrected chi connectivity index (χ3v) is 8.28. The minimum Gasteiger partial charge on any atom is -0.485 e. The zero-order valence-corrected chi connectivity index (χ0v) is 24.7. The Bertz CT molecular complexity index is 1410. The van der Waals surface area contributed by atoms with Gasteiger partial charge >= 0.3 is 5.97 Å². The minimum atomic E-state index is -0.755. The molecule has 0 bridgehead atoms. The van der Waals surface area contributed by atoms with E-state index in [1.165, 1.54) is 13.3 Å². The summed E-state index contributed by atoms with van der Waals surface area (Å²) in [6.07, 6.45) is 4.90. The number of rotatable bonds is 10. The van der Waals surface area contributed by atoms with Crippen LogP contribution in [0.1, 0.15) is 81.2 Å². The third-order valence-electron chi connectivity index (χ3n) is 8.28. The lowest BCUT2D eigenvalue weighted by Gasteiger charge is -2.29. The van der Waals surface area contributed by atoms with Crippen LogP contribution in [0.25, 0.3) is 11.1 Å². The van der Waals surface area contributed by atoms with Gasteiger partial charge in [-0.2, -0.15) is 0 Å². The summed E-state index contributed by atoms with van der Waals surface area (Å²) in [5, 5.41) is 13.3. The Morgan fingerprint density at radius 1 is 1.15 bits per heavy atom.